The molecule has 3 amide bonds. The van der Waals surface area contributed by atoms with Crippen molar-refractivity contribution in [2.75, 3.05) is 32.6 Å². The van der Waals surface area contributed by atoms with Crippen molar-refractivity contribution in [1.82, 2.24) is 24.9 Å². The van der Waals surface area contributed by atoms with E-state index in [1.54, 1.807) is 35.7 Å². The van der Waals surface area contributed by atoms with Gasteiger partial charge in [-0.05, 0) is 24.5 Å². The van der Waals surface area contributed by atoms with E-state index in [9.17, 15) is 14.7 Å². The molecule has 0 bridgehead atoms. The number of aliphatic hydroxyl groups excluding tert-OH is 1. The highest BCUT2D eigenvalue weighted by Gasteiger charge is 2.23. The number of aromatic nitrogens is 2. The molecule has 0 saturated heterocycles. The Labute approximate surface area is 146 Å². The highest BCUT2D eigenvalue weighted by molar-refractivity contribution is 7.98. The van der Waals surface area contributed by atoms with Gasteiger partial charge < -0.3 is 20.2 Å². The van der Waals surface area contributed by atoms with E-state index in [-0.39, 0.29) is 18.5 Å². The molecule has 0 fully saturated rings. The van der Waals surface area contributed by atoms with Crippen molar-refractivity contribution in [3.63, 3.8) is 0 Å². The van der Waals surface area contributed by atoms with Crippen LogP contribution < -0.4 is 5.32 Å². The minimum atomic E-state index is -0.983. The molecule has 0 unspecified atom stereocenters. The van der Waals surface area contributed by atoms with E-state index < -0.39 is 6.10 Å². The number of thioether (sulfide) groups is 1. The molecule has 2 rings (SSSR count). The molecule has 0 radical (unpaired) electrons. The Balaban J connectivity index is 1.89. The molecule has 1 aromatic heterocycles. The molecule has 8 nitrogen and oxygen atoms in total. The predicted molar refractivity (Wildman–Crippen MR) is 92.6 cm³/mol. The SMILES string of the molecule is CSCC[C@@H](O)C(=O)NCc1cc2n(n1)CCN(C(=O)N(C)C)C2. The third-order valence-corrected chi connectivity index (χ3v) is 4.49. The van der Waals surface area contributed by atoms with Gasteiger partial charge >= 0.3 is 6.03 Å². The molecule has 1 aromatic rings. The molecule has 2 N–H and O–H groups in total. The first-order chi connectivity index (χ1) is 11.4. The molecule has 134 valence electrons. The van der Waals surface area contributed by atoms with Crippen LogP contribution in [-0.2, 0) is 24.4 Å². The molecule has 0 aliphatic carbocycles. The van der Waals surface area contributed by atoms with E-state index in [0.717, 1.165) is 17.1 Å². The highest BCUT2D eigenvalue weighted by Crippen LogP contribution is 2.15. The van der Waals surface area contributed by atoms with Crippen LogP contribution in [0.5, 0.6) is 0 Å². The molecule has 0 saturated carbocycles. The van der Waals surface area contributed by atoms with Crippen LogP contribution in [0, 0.1) is 0 Å². The van der Waals surface area contributed by atoms with Crippen molar-refractivity contribution in [2.45, 2.75) is 32.2 Å². The molecule has 2 heterocycles. The third-order valence-electron chi connectivity index (χ3n) is 3.84. The van der Waals surface area contributed by atoms with Crippen LogP contribution in [-0.4, -0.2) is 75.4 Å². The van der Waals surface area contributed by atoms with Gasteiger partial charge in [-0.3, -0.25) is 9.48 Å². The fraction of sp³-hybridized carbons (Fsp3) is 0.667. The average molecular weight is 355 g/mol. The highest BCUT2D eigenvalue weighted by atomic mass is 32.2. The van der Waals surface area contributed by atoms with E-state index in [1.807, 2.05) is 17.0 Å². The summed E-state index contributed by atoms with van der Waals surface area (Å²) in [7, 11) is 3.47. The smallest absolute Gasteiger partial charge is 0.319 e. The van der Waals surface area contributed by atoms with Gasteiger partial charge in [-0.15, -0.1) is 0 Å². The summed E-state index contributed by atoms with van der Waals surface area (Å²) >= 11 is 1.59. The molecule has 1 aliphatic rings. The van der Waals surface area contributed by atoms with Gasteiger partial charge in [0.25, 0.3) is 0 Å². The number of carbonyl (C=O) groups is 2. The summed E-state index contributed by atoms with van der Waals surface area (Å²) in [5.41, 5.74) is 1.68. The number of nitrogens with zero attached hydrogens (tertiary/aromatic N) is 4. The lowest BCUT2D eigenvalue weighted by Crippen LogP contribution is -2.43. The number of urea groups is 1. The summed E-state index contributed by atoms with van der Waals surface area (Å²) in [5, 5.41) is 16.9. The first kappa shape index (κ1) is 18.6. The molecular formula is C15H25N5O3S. The van der Waals surface area contributed by atoms with Crippen LogP contribution in [0.15, 0.2) is 6.07 Å². The predicted octanol–water partition coefficient (Wildman–Crippen LogP) is 0.111. The lowest BCUT2D eigenvalue weighted by molar-refractivity contribution is -0.129. The topological polar surface area (TPSA) is 90.7 Å². The number of aliphatic hydroxyl groups is 1. The number of hydrogen-bond donors (Lipinski definition) is 2. The van der Waals surface area contributed by atoms with Gasteiger partial charge in [0.1, 0.15) is 6.10 Å². The van der Waals surface area contributed by atoms with Crippen molar-refractivity contribution in [2.24, 2.45) is 0 Å². The van der Waals surface area contributed by atoms with Crippen molar-refractivity contribution in [3.8, 4) is 0 Å². The Kier molecular flexibility index (Phi) is 6.50. The first-order valence-corrected chi connectivity index (χ1v) is 9.28. The molecule has 0 spiro atoms. The zero-order valence-electron chi connectivity index (χ0n) is 14.4. The monoisotopic (exact) mass is 355 g/mol. The van der Waals surface area contributed by atoms with Crippen LogP contribution in [0.1, 0.15) is 17.8 Å². The number of rotatable bonds is 6. The third kappa shape index (κ3) is 4.64. The van der Waals surface area contributed by atoms with Crippen LogP contribution in [0.4, 0.5) is 4.79 Å². The normalized spacial score (nSPS) is 14.9. The Morgan fingerprint density at radius 3 is 2.88 bits per heavy atom. The summed E-state index contributed by atoms with van der Waals surface area (Å²) in [4.78, 5) is 27.2. The lowest BCUT2D eigenvalue weighted by atomic mass is 10.2. The number of amides is 3. The standard InChI is InChI=1S/C15H25N5O3S/c1-18(2)15(23)19-5-6-20-12(10-19)8-11(17-20)9-16-14(22)13(21)4-7-24-3/h8,13,21H,4-7,9-10H2,1-3H3,(H,16,22)/t13-/m1/s1. The van der Waals surface area contributed by atoms with E-state index in [4.69, 9.17) is 0 Å². The Bertz CT molecular complexity index is 590. The second kappa shape index (κ2) is 8.39. The first-order valence-electron chi connectivity index (χ1n) is 7.89. The van der Waals surface area contributed by atoms with Crippen LogP contribution in [0.2, 0.25) is 0 Å². The number of carbonyl (C=O) groups excluding carboxylic acids is 2. The van der Waals surface area contributed by atoms with Gasteiger partial charge in [0.2, 0.25) is 5.91 Å². The summed E-state index contributed by atoms with van der Waals surface area (Å²) in [6, 6.07) is 1.87. The molecule has 1 atom stereocenters. The zero-order valence-corrected chi connectivity index (χ0v) is 15.2. The number of nitrogens with one attached hydrogen (secondary N) is 1. The minimum Gasteiger partial charge on any atom is -0.383 e. The van der Waals surface area contributed by atoms with Gasteiger partial charge in [0.15, 0.2) is 0 Å². The van der Waals surface area contributed by atoms with Crippen molar-refractivity contribution in [3.05, 3.63) is 17.5 Å². The summed E-state index contributed by atoms with van der Waals surface area (Å²) in [6.45, 7) is 2.04. The number of hydrogen-bond acceptors (Lipinski definition) is 5. The van der Waals surface area contributed by atoms with E-state index in [1.165, 1.54) is 0 Å². The Morgan fingerprint density at radius 1 is 1.46 bits per heavy atom. The fourth-order valence-electron chi connectivity index (χ4n) is 2.51. The summed E-state index contributed by atoms with van der Waals surface area (Å²) in [6.07, 6.45) is 1.39. The lowest BCUT2D eigenvalue weighted by Gasteiger charge is -2.29. The van der Waals surface area contributed by atoms with Gasteiger partial charge in [-0.1, -0.05) is 0 Å². The largest absolute Gasteiger partial charge is 0.383 e. The van der Waals surface area contributed by atoms with Gasteiger partial charge in [-0.25, -0.2) is 4.79 Å². The molecular weight excluding hydrogens is 330 g/mol. The fourth-order valence-corrected chi connectivity index (χ4v) is 2.97. The zero-order chi connectivity index (χ0) is 17.7. The molecule has 0 aromatic carbocycles. The van der Waals surface area contributed by atoms with Crippen LogP contribution >= 0.6 is 11.8 Å². The Hall–Kier alpha value is -1.74. The maximum Gasteiger partial charge on any atom is 0.319 e. The van der Waals surface area contributed by atoms with E-state index in [2.05, 4.69) is 10.4 Å². The maximum atomic E-state index is 12.0. The summed E-state index contributed by atoms with van der Waals surface area (Å²) < 4.78 is 1.87. The molecule has 24 heavy (non-hydrogen) atoms. The number of fused-ring (bicyclic) bond motifs is 1. The van der Waals surface area contributed by atoms with Crippen LogP contribution in [0.3, 0.4) is 0 Å². The van der Waals surface area contributed by atoms with Gasteiger partial charge in [0.05, 0.1) is 31.0 Å². The average Bonchev–Trinajstić information content (AvgIpc) is 2.98. The van der Waals surface area contributed by atoms with Crippen molar-refractivity contribution in [1.29, 1.82) is 0 Å². The second-order valence-electron chi connectivity index (χ2n) is 5.96. The van der Waals surface area contributed by atoms with Crippen LogP contribution in [0.25, 0.3) is 0 Å². The molecule has 9 heteroatoms. The van der Waals surface area contributed by atoms with Crippen molar-refractivity contribution < 1.29 is 14.7 Å². The maximum absolute atomic E-state index is 12.0. The molecule has 1 aliphatic heterocycles. The quantitative estimate of drug-likeness (QED) is 0.756. The summed E-state index contributed by atoms with van der Waals surface area (Å²) in [5.74, 6) is 0.364. The van der Waals surface area contributed by atoms with E-state index >= 15 is 0 Å². The van der Waals surface area contributed by atoms with Crippen molar-refractivity contribution >= 4 is 23.7 Å². The van der Waals surface area contributed by atoms with E-state index in [0.29, 0.717) is 26.1 Å². The van der Waals surface area contributed by atoms with Gasteiger partial charge in [0, 0.05) is 20.6 Å². The Morgan fingerprint density at radius 2 is 2.21 bits per heavy atom. The minimum absolute atomic E-state index is 0.0192. The second-order valence-corrected chi connectivity index (χ2v) is 6.95. The van der Waals surface area contributed by atoms with Gasteiger partial charge in [-0.2, -0.15) is 16.9 Å².